The lowest BCUT2D eigenvalue weighted by Crippen LogP contribution is -2.29. The summed E-state index contributed by atoms with van der Waals surface area (Å²) >= 11 is 3.34. The second-order valence-corrected chi connectivity index (χ2v) is 6.87. The topological polar surface area (TPSA) is 56.0 Å². The smallest absolute Gasteiger partial charge is 0.138 e. The van der Waals surface area contributed by atoms with Crippen LogP contribution in [0.2, 0.25) is 0 Å². The molecule has 1 unspecified atom stereocenters. The quantitative estimate of drug-likeness (QED) is 0.909. The van der Waals surface area contributed by atoms with E-state index >= 15 is 0 Å². The third-order valence-corrected chi connectivity index (χ3v) is 2.96. The average Bonchev–Trinajstić information content (AvgIpc) is 2.13. The van der Waals surface area contributed by atoms with E-state index in [1.807, 2.05) is 6.07 Å². The molecular weight excluding hydrogens is 292 g/mol. The van der Waals surface area contributed by atoms with Gasteiger partial charge in [-0.25, -0.2) is 0 Å². The number of nitrogens with zero attached hydrogens (tertiary/aromatic N) is 1. The van der Waals surface area contributed by atoms with Gasteiger partial charge < -0.3 is 5.73 Å². The first-order valence-corrected chi connectivity index (χ1v) is 6.92. The number of hydrogen-bond donors (Lipinski definition) is 1. The summed E-state index contributed by atoms with van der Waals surface area (Å²) in [4.78, 5) is 15.9. The molecule has 0 spiro atoms. The molecule has 1 aromatic rings. The number of hydrogen-bond acceptors (Lipinski definition) is 3. The molecule has 1 atom stereocenters. The molecule has 0 bridgehead atoms. The predicted octanol–water partition coefficient (Wildman–Crippen LogP) is 3.11. The van der Waals surface area contributed by atoms with E-state index in [1.165, 1.54) is 0 Å². The number of carbonyl (C=O) groups is 1. The summed E-state index contributed by atoms with van der Waals surface area (Å²) in [5.74, 6) is 0.173. The molecule has 1 rings (SSSR count). The van der Waals surface area contributed by atoms with Crippen molar-refractivity contribution in [3.8, 4) is 0 Å². The van der Waals surface area contributed by atoms with Gasteiger partial charge in [-0.05, 0) is 39.4 Å². The van der Waals surface area contributed by atoms with E-state index < -0.39 is 0 Å². The number of pyridine rings is 1. The monoisotopic (exact) mass is 312 g/mol. The molecule has 0 saturated heterocycles. The van der Waals surface area contributed by atoms with Gasteiger partial charge in [-0.3, -0.25) is 9.78 Å². The van der Waals surface area contributed by atoms with E-state index in [1.54, 1.807) is 12.4 Å². The van der Waals surface area contributed by atoms with Crippen LogP contribution in [-0.2, 0) is 11.2 Å². The lowest BCUT2D eigenvalue weighted by Gasteiger charge is -2.22. The molecule has 0 aliphatic carbocycles. The van der Waals surface area contributed by atoms with E-state index in [9.17, 15) is 4.79 Å². The van der Waals surface area contributed by atoms with Gasteiger partial charge in [0.2, 0.25) is 0 Å². The number of Topliss-reactive ketones (excluding diaryl/α,β-unsaturated/α-hetero) is 1. The Labute approximate surface area is 117 Å². The fourth-order valence-corrected chi connectivity index (χ4v) is 2.42. The van der Waals surface area contributed by atoms with Crippen LogP contribution in [0.3, 0.4) is 0 Å². The molecule has 2 N–H and O–H groups in total. The van der Waals surface area contributed by atoms with Crippen molar-refractivity contribution in [3.63, 3.8) is 0 Å². The number of aromatic nitrogens is 1. The minimum Gasteiger partial charge on any atom is -0.327 e. The van der Waals surface area contributed by atoms with Crippen LogP contribution < -0.4 is 5.73 Å². The molecule has 3 nitrogen and oxygen atoms in total. The predicted molar refractivity (Wildman–Crippen MR) is 77.3 cm³/mol. The van der Waals surface area contributed by atoms with Crippen molar-refractivity contribution >= 4 is 21.7 Å². The van der Waals surface area contributed by atoms with Gasteiger partial charge in [0.15, 0.2) is 0 Å². The second-order valence-electron chi connectivity index (χ2n) is 5.96. The van der Waals surface area contributed by atoms with Crippen LogP contribution >= 0.6 is 15.9 Å². The summed E-state index contributed by atoms with van der Waals surface area (Å²) in [5, 5.41) is 0. The maximum Gasteiger partial charge on any atom is 0.138 e. The lowest BCUT2D eigenvalue weighted by atomic mass is 9.86. The van der Waals surface area contributed by atoms with Crippen LogP contribution in [0.5, 0.6) is 0 Å². The molecule has 4 heteroatoms. The minimum absolute atomic E-state index is 0.0578. The van der Waals surface area contributed by atoms with Crippen LogP contribution in [-0.4, -0.2) is 16.8 Å². The summed E-state index contributed by atoms with van der Waals surface area (Å²) in [6.45, 7) is 6.40. The zero-order chi connectivity index (χ0) is 13.8. The van der Waals surface area contributed by atoms with Crippen LogP contribution in [0, 0.1) is 5.41 Å². The van der Waals surface area contributed by atoms with Gasteiger partial charge >= 0.3 is 0 Å². The Morgan fingerprint density at radius 1 is 1.44 bits per heavy atom. The molecule has 1 heterocycles. The maximum atomic E-state index is 11.9. The highest BCUT2D eigenvalue weighted by atomic mass is 79.9. The van der Waals surface area contributed by atoms with Gasteiger partial charge in [0.05, 0.1) is 0 Å². The van der Waals surface area contributed by atoms with Crippen LogP contribution in [0.4, 0.5) is 0 Å². The second kappa shape index (κ2) is 6.43. The fourth-order valence-electron chi connectivity index (χ4n) is 2.00. The molecule has 0 saturated carbocycles. The van der Waals surface area contributed by atoms with Crippen molar-refractivity contribution < 1.29 is 4.79 Å². The third kappa shape index (κ3) is 6.26. The van der Waals surface area contributed by atoms with Gasteiger partial charge in [0.1, 0.15) is 5.78 Å². The number of halogens is 1. The van der Waals surface area contributed by atoms with E-state index in [0.29, 0.717) is 12.8 Å². The largest absolute Gasteiger partial charge is 0.327 e. The summed E-state index contributed by atoms with van der Waals surface area (Å²) in [7, 11) is 0. The summed E-state index contributed by atoms with van der Waals surface area (Å²) in [6.07, 6.45) is 5.13. The van der Waals surface area contributed by atoms with Gasteiger partial charge in [-0.15, -0.1) is 0 Å². The van der Waals surface area contributed by atoms with Crippen molar-refractivity contribution in [2.45, 2.75) is 46.1 Å². The van der Waals surface area contributed by atoms with Crippen molar-refractivity contribution in [2.75, 3.05) is 0 Å². The third-order valence-electron chi connectivity index (χ3n) is 2.53. The fraction of sp³-hybridized carbons (Fsp3) is 0.571. The van der Waals surface area contributed by atoms with Crippen LogP contribution in [0.1, 0.15) is 39.2 Å². The number of rotatable bonds is 5. The molecule has 18 heavy (non-hydrogen) atoms. The minimum atomic E-state index is -0.0578. The molecule has 0 aromatic carbocycles. The van der Waals surface area contributed by atoms with Crippen molar-refractivity contribution in [3.05, 3.63) is 28.5 Å². The molecule has 100 valence electrons. The van der Waals surface area contributed by atoms with Crippen molar-refractivity contribution in [2.24, 2.45) is 11.1 Å². The molecule has 0 radical (unpaired) electrons. The first-order valence-electron chi connectivity index (χ1n) is 6.13. The van der Waals surface area contributed by atoms with E-state index in [4.69, 9.17) is 5.73 Å². The molecule has 0 aliphatic heterocycles. The van der Waals surface area contributed by atoms with Gasteiger partial charge in [-0.2, -0.15) is 0 Å². The van der Waals surface area contributed by atoms with Crippen molar-refractivity contribution in [1.29, 1.82) is 0 Å². The van der Waals surface area contributed by atoms with Crippen LogP contribution in [0.25, 0.3) is 0 Å². The Kier molecular flexibility index (Phi) is 5.47. The molecule has 0 aliphatic rings. The Bertz CT molecular complexity index is 413. The van der Waals surface area contributed by atoms with E-state index in [-0.39, 0.29) is 17.2 Å². The zero-order valence-corrected chi connectivity index (χ0v) is 12.8. The average molecular weight is 313 g/mol. The first-order chi connectivity index (χ1) is 8.26. The van der Waals surface area contributed by atoms with Gasteiger partial charge in [0, 0.05) is 35.7 Å². The number of ketones is 1. The van der Waals surface area contributed by atoms with E-state index in [0.717, 1.165) is 16.5 Å². The highest BCUT2D eigenvalue weighted by Crippen LogP contribution is 2.21. The summed E-state index contributed by atoms with van der Waals surface area (Å²) in [5.41, 5.74) is 7.09. The lowest BCUT2D eigenvalue weighted by molar-refractivity contribution is -0.118. The highest BCUT2D eigenvalue weighted by Gasteiger charge is 2.18. The Morgan fingerprint density at radius 3 is 2.67 bits per heavy atom. The Balaban J connectivity index is 2.47. The highest BCUT2D eigenvalue weighted by molar-refractivity contribution is 9.10. The Morgan fingerprint density at radius 2 is 2.11 bits per heavy atom. The molecular formula is C14H21BrN2O. The van der Waals surface area contributed by atoms with Gasteiger partial charge in [0.25, 0.3) is 0 Å². The Hall–Kier alpha value is -0.740. The molecule has 1 aromatic heterocycles. The van der Waals surface area contributed by atoms with Gasteiger partial charge in [-0.1, -0.05) is 20.8 Å². The maximum absolute atomic E-state index is 11.9. The molecule has 0 amide bonds. The zero-order valence-electron chi connectivity index (χ0n) is 11.2. The van der Waals surface area contributed by atoms with Crippen molar-refractivity contribution in [1.82, 2.24) is 4.98 Å². The van der Waals surface area contributed by atoms with E-state index in [2.05, 4.69) is 41.7 Å². The summed E-state index contributed by atoms with van der Waals surface area (Å²) < 4.78 is 0.895. The SMILES string of the molecule is CC(C)(C)CC(N)CC(=O)Cc1cncc(Br)c1. The first kappa shape index (κ1) is 15.3. The standard InChI is InChI=1S/C14H21BrN2O/c1-14(2,3)7-12(16)6-13(18)5-10-4-11(15)9-17-8-10/h4,8-9,12H,5-7,16H2,1-3H3. The number of carbonyl (C=O) groups excluding carboxylic acids is 1. The molecule has 0 fully saturated rings. The van der Waals surface area contributed by atoms with Crippen LogP contribution in [0.15, 0.2) is 22.9 Å². The summed E-state index contributed by atoms with van der Waals surface area (Å²) in [6, 6.07) is 1.86. The number of nitrogens with two attached hydrogens (primary N) is 1. The normalized spacial score (nSPS) is 13.4.